The van der Waals surface area contributed by atoms with Crippen LogP contribution in [0.15, 0.2) is 18.2 Å². The minimum Gasteiger partial charge on any atom is -0.393 e. The van der Waals surface area contributed by atoms with Crippen LogP contribution in [-0.4, -0.2) is 35.2 Å². The van der Waals surface area contributed by atoms with E-state index in [0.717, 1.165) is 13.0 Å². The molecule has 1 aromatic carbocycles. The molecule has 21 heavy (non-hydrogen) atoms. The van der Waals surface area contributed by atoms with E-state index in [1.807, 2.05) is 4.90 Å². The molecule has 0 radical (unpaired) electrons. The lowest BCUT2D eigenvalue weighted by molar-refractivity contribution is 0.129. The van der Waals surface area contributed by atoms with E-state index in [-0.39, 0.29) is 18.1 Å². The van der Waals surface area contributed by atoms with E-state index in [4.69, 9.17) is 0 Å². The van der Waals surface area contributed by atoms with Crippen LogP contribution in [0.4, 0.5) is 4.79 Å². The van der Waals surface area contributed by atoms with E-state index in [0.29, 0.717) is 13.1 Å². The zero-order chi connectivity index (χ0) is 14.8. The molecule has 1 heterocycles. The van der Waals surface area contributed by atoms with Gasteiger partial charge in [0.05, 0.1) is 6.10 Å². The highest BCUT2D eigenvalue weighted by Crippen LogP contribution is 2.23. The van der Waals surface area contributed by atoms with Gasteiger partial charge < -0.3 is 15.3 Å². The first kappa shape index (κ1) is 14.4. The Labute approximate surface area is 126 Å². The number of amides is 2. The molecule has 0 aromatic heterocycles. The SMILES string of the molecule is C[C@H](O)[C@H]1CCN(C(=O)NCc2ccc3c(c2)CCC3)C1. The van der Waals surface area contributed by atoms with E-state index in [9.17, 15) is 9.90 Å². The molecule has 1 aliphatic carbocycles. The maximum absolute atomic E-state index is 12.2. The predicted molar refractivity (Wildman–Crippen MR) is 82.1 cm³/mol. The average molecular weight is 288 g/mol. The van der Waals surface area contributed by atoms with Crippen LogP contribution in [0.25, 0.3) is 0 Å². The largest absolute Gasteiger partial charge is 0.393 e. The average Bonchev–Trinajstić information content (AvgIpc) is 3.12. The summed E-state index contributed by atoms with van der Waals surface area (Å²) in [6, 6.07) is 6.53. The highest BCUT2D eigenvalue weighted by Gasteiger charge is 2.28. The molecule has 2 N–H and O–H groups in total. The van der Waals surface area contributed by atoms with Crippen LogP contribution in [0, 0.1) is 5.92 Å². The second-order valence-electron chi connectivity index (χ2n) is 6.35. The van der Waals surface area contributed by atoms with Crippen LogP contribution in [0.2, 0.25) is 0 Å². The first-order valence-corrected chi connectivity index (χ1v) is 7.95. The summed E-state index contributed by atoms with van der Waals surface area (Å²) in [6.07, 6.45) is 4.17. The number of aryl methyl sites for hydroxylation is 2. The minimum atomic E-state index is -0.334. The quantitative estimate of drug-likeness (QED) is 0.895. The summed E-state index contributed by atoms with van der Waals surface area (Å²) in [5.41, 5.74) is 4.08. The summed E-state index contributed by atoms with van der Waals surface area (Å²) < 4.78 is 0. The molecule has 3 rings (SSSR count). The van der Waals surface area contributed by atoms with Crippen molar-refractivity contribution < 1.29 is 9.90 Å². The molecule has 0 bridgehead atoms. The van der Waals surface area contributed by atoms with Gasteiger partial charge in [-0.05, 0) is 49.3 Å². The Kier molecular flexibility index (Phi) is 4.15. The number of carbonyl (C=O) groups is 1. The van der Waals surface area contributed by atoms with Crippen molar-refractivity contribution in [1.29, 1.82) is 0 Å². The molecule has 1 aliphatic heterocycles. The van der Waals surface area contributed by atoms with Crippen molar-refractivity contribution in [2.24, 2.45) is 5.92 Å². The van der Waals surface area contributed by atoms with Crippen molar-refractivity contribution in [2.75, 3.05) is 13.1 Å². The van der Waals surface area contributed by atoms with Crippen molar-refractivity contribution in [3.63, 3.8) is 0 Å². The fourth-order valence-electron chi connectivity index (χ4n) is 3.39. The number of rotatable bonds is 3. The molecule has 1 saturated heterocycles. The molecular weight excluding hydrogens is 264 g/mol. The minimum absolute atomic E-state index is 0.0151. The zero-order valence-electron chi connectivity index (χ0n) is 12.6. The molecule has 1 aromatic rings. The highest BCUT2D eigenvalue weighted by molar-refractivity contribution is 5.74. The fraction of sp³-hybridized carbons (Fsp3) is 0.588. The summed E-state index contributed by atoms with van der Waals surface area (Å²) in [7, 11) is 0. The summed E-state index contributed by atoms with van der Waals surface area (Å²) in [5, 5.41) is 12.6. The third kappa shape index (κ3) is 3.21. The molecule has 0 unspecified atom stereocenters. The van der Waals surface area contributed by atoms with Crippen molar-refractivity contribution >= 4 is 6.03 Å². The molecule has 4 nitrogen and oxygen atoms in total. The smallest absolute Gasteiger partial charge is 0.317 e. The van der Waals surface area contributed by atoms with Crippen LogP contribution in [0.3, 0.4) is 0 Å². The number of benzene rings is 1. The zero-order valence-corrected chi connectivity index (χ0v) is 12.6. The van der Waals surface area contributed by atoms with Gasteiger partial charge in [0, 0.05) is 25.6 Å². The molecule has 2 atom stereocenters. The van der Waals surface area contributed by atoms with Gasteiger partial charge in [-0.15, -0.1) is 0 Å². The molecule has 0 saturated carbocycles. The van der Waals surface area contributed by atoms with E-state index in [1.54, 1.807) is 6.92 Å². The molecule has 2 aliphatic rings. The van der Waals surface area contributed by atoms with E-state index in [2.05, 4.69) is 23.5 Å². The Morgan fingerprint density at radius 1 is 1.43 bits per heavy atom. The number of hydrogen-bond donors (Lipinski definition) is 2. The van der Waals surface area contributed by atoms with Gasteiger partial charge in [-0.2, -0.15) is 0 Å². The highest BCUT2D eigenvalue weighted by atomic mass is 16.3. The number of urea groups is 1. The van der Waals surface area contributed by atoms with Crippen molar-refractivity contribution in [3.05, 3.63) is 34.9 Å². The van der Waals surface area contributed by atoms with Crippen LogP contribution in [-0.2, 0) is 19.4 Å². The van der Waals surface area contributed by atoms with Gasteiger partial charge >= 0.3 is 6.03 Å². The molecule has 1 fully saturated rings. The summed E-state index contributed by atoms with van der Waals surface area (Å²) in [5.74, 6) is 0.218. The predicted octanol–water partition coefficient (Wildman–Crippen LogP) is 2.09. The van der Waals surface area contributed by atoms with Gasteiger partial charge in [-0.1, -0.05) is 18.2 Å². The van der Waals surface area contributed by atoms with Crippen LogP contribution >= 0.6 is 0 Å². The van der Waals surface area contributed by atoms with Gasteiger partial charge in [-0.25, -0.2) is 4.79 Å². The Bertz CT molecular complexity index is 528. The van der Waals surface area contributed by atoms with Crippen molar-refractivity contribution in [1.82, 2.24) is 10.2 Å². The van der Waals surface area contributed by atoms with Gasteiger partial charge in [0.25, 0.3) is 0 Å². The van der Waals surface area contributed by atoms with Crippen molar-refractivity contribution in [3.8, 4) is 0 Å². The standard InChI is InChI=1S/C17H24N2O2/c1-12(20)16-7-8-19(11-16)17(21)18-10-13-5-6-14-3-2-4-15(14)9-13/h5-6,9,12,16,20H,2-4,7-8,10-11H2,1H3,(H,18,21)/t12-,16-/m0/s1. The number of aliphatic hydroxyl groups is 1. The van der Waals surface area contributed by atoms with Crippen LogP contribution in [0.1, 0.15) is 36.5 Å². The Hall–Kier alpha value is -1.55. The number of hydrogen-bond acceptors (Lipinski definition) is 2. The van der Waals surface area contributed by atoms with Gasteiger partial charge in [-0.3, -0.25) is 0 Å². The fourth-order valence-corrected chi connectivity index (χ4v) is 3.39. The molecule has 4 heteroatoms. The number of aliphatic hydroxyl groups excluding tert-OH is 1. The normalized spacial score (nSPS) is 22.2. The van der Waals surface area contributed by atoms with E-state index in [1.165, 1.54) is 36.0 Å². The van der Waals surface area contributed by atoms with E-state index >= 15 is 0 Å². The monoisotopic (exact) mass is 288 g/mol. The first-order valence-electron chi connectivity index (χ1n) is 7.95. The Morgan fingerprint density at radius 2 is 2.24 bits per heavy atom. The molecular formula is C17H24N2O2. The molecule has 114 valence electrons. The second-order valence-corrected chi connectivity index (χ2v) is 6.35. The third-order valence-corrected chi connectivity index (χ3v) is 4.80. The van der Waals surface area contributed by atoms with Gasteiger partial charge in [0.2, 0.25) is 0 Å². The lowest BCUT2D eigenvalue weighted by atomic mass is 10.0. The third-order valence-electron chi connectivity index (χ3n) is 4.80. The summed E-state index contributed by atoms with van der Waals surface area (Å²) in [6.45, 7) is 3.79. The van der Waals surface area contributed by atoms with E-state index < -0.39 is 0 Å². The maximum Gasteiger partial charge on any atom is 0.317 e. The second kappa shape index (κ2) is 6.06. The Morgan fingerprint density at radius 3 is 3.00 bits per heavy atom. The van der Waals surface area contributed by atoms with Gasteiger partial charge in [0.1, 0.15) is 0 Å². The summed E-state index contributed by atoms with van der Waals surface area (Å²) >= 11 is 0. The topological polar surface area (TPSA) is 52.6 Å². The first-order chi connectivity index (χ1) is 10.1. The Balaban J connectivity index is 1.52. The number of carbonyl (C=O) groups excluding carboxylic acids is 1. The lowest BCUT2D eigenvalue weighted by Crippen LogP contribution is -2.38. The number of nitrogens with one attached hydrogen (secondary N) is 1. The number of fused-ring (bicyclic) bond motifs is 1. The van der Waals surface area contributed by atoms with Crippen LogP contribution in [0.5, 0.6) is 0 Å². The van der Waals surface area contributed by atoms with Gasteiger partial charge in [0.15, 0.2) is 0 Å². The lowest BCUT2D eigenvalue weighted by Gasteiger charge is -2.18. The van der Waals surface area contributed by atoms with Crippen molar-refractivity contribution in [2.45, 2.75) is 45.3 Å². The number of nitrogens with zero attached hydrogens (tertiary/aromatic N) is 1. The summed E-state index contributed by atoms with van der Waals surface area (Å²) in [4.78, 5) is 14.0. The maximum atomic E-state index is 12.2. The number of likely N-dealkylation sites (tertiary alicyclic amines) is 1. The van der Waals surface area contributed by atoms with Crippen LogP contribution < -0.4 is 5.32 Å². The molecule has 0 spiro atoms. The molecule has 2 amide bonds.